The Kier molecular flexibility index (Phi) is 4.66. The van der Waals surface area contributed by atoms with Crippen molar-refractivity contribution in [3.8, 4) is 0 Å². The Morgan fingerprint density at radius 1 is 0.810 bits per heavy atom. The molecule has 3 heterocycles. The molecule has 8 nitrogen and oxygen atoms in total. The largest absolute Gasteiger partial charge is 0.380 e. The number of ether oxygens (including phenoxy) is 2. The van der Waals surface area contributed by atoms with E-state index in [0.29, 0.717) is 25.8 Å². The first kappa shape index (κ1) is 14.3. The van der Waals surface area contributed by atoms with Crippen molar-refractivity contribution in [1.29, 1.82) is 0 Å². The van der Waals surface area contributed by atoms with Crippen molar-refractivity contribution in [3.63, 3.8) is 0 Å². The standard InChI is InChI=1S/C13H22N6O2/c1-14-11-15-12(18-3-2-7-20-8-4-18)17-13(16-11)19-5-9-21-10-6-19/h2-10H2,1H3,(H,14,15,16,17). The highest BCUT2D eigenvalue weighted by atomic mass is 16.5. The van der Waals surface area contributed by atoms with Crippen molar-refractivity contribution in [3.05, 3.63) is 0 Å². The molecule has 116 valence electrons. The van der Waals surface area contributed by atoms with Gasteiger partial charge in [0.15, 0.2) is 0 Å². The third-order valence-corrected chi connectivity index (χ3v) is 3.63. The first-order valence-corrected chi connectivity index (χ1v) is 7.46. The lowest BCUT2D eigenvalue weighted by Gasteiger charge is -2.28. The Balaban J connectivity index is 1.84. The SMILES string of the molecule is CNc1nc(N2CCCOCC2)nc(N2CCOCC2)n1. The van der Waals surface area contributed by atoms with Gasteiger partial charge in [-0.05, 0) is 6.42 Å². The zero-order valence-electron chi connectivity index (χ0n) is 12.4. The molecule has 3 rings (SSSR count). The predicted octanol–water partition coefficient (Wildman–Crippen LogP) is -0.0234. The predicted molar refractivity (Wildman–Crippen MR) is 80.1 cm³/mol. The molecular weight excluding hydrogens is 272 g/mol. The van der Waals surface area contributed by atoms with E-state index in [-0.39, 0.29) is 0 Å². The molecule has 1 aromatic heterocycles. The minimum atomic E-state index is 0.603. The summed E-state index contributed by atoms with van der Waals surface area (Å²) < 4.78 is 10.9. The smallest absolute Gasteiger partial charge is 0.232 e. The molecule has 2 saturated heterocycles. The number of morpholine rings is 1. The zero-order valence-corrected chi connectivity index (χ0v) is 12.4. The van der Waals surface area contributed by atoms with Crippen molar-refractivity contribution in [1.82, 2.24) is 15.0 Å². The molecule has 2 aliphatic heterocycles. The summed E-state index contributed by atoms with van der Waals surface area (Å²) in [4.78, 5) is 17.9. The van der Waals surface area contributed by atoms with Crippen molar-refractivity contribution in [2.75, 3.05) is 74.8 Å². The van der Waals surface area contributed by atoms with Gasteiger partial charge in [-0.1, -0.05) is 0 Å². The lowest BCUT2D eigenvalue weighted by molar-refractivity contribution is 0.122. The molecular formula is C13H22N6O2. The maximum Gasteiger partial charge on any atom is 0.232 e. The fourth-order valence-corrected chi connectivity index (χ4v) is 2.46. The molecule has 0 bridgehead atoms. The molecule has 0 atom stereocenters. The Bertz CT molecular complexity index is 458. The van der Waals surface area contributed by atoms with Crippen LogP contribution in [0.3, 0.4) is 0 Å². The topological polar surface area (TPSA) is 75.6 Å². The maximum absolute atomic E-state index is 5.49. The summed E-state index contributed by atoms with van der Waals surface area (Å²) >= 11 is 0. The molecule has 1 aromatic rings. The van der Waals surface area contributed by atoms with Crippen LogP contribution >= 0.6 is 0 Å². The normalized spacial score (nSPS) is 20.2. The highest BCUT2D eigenvalue weighted by Crippen LogP contribution is 2.18. The first-order chi connectivity index (χ1) is 10.4. The lowest BCUT2D eigenvalue weighted by atomic mass is 10.4. The van der Waals surface area contributed by atoms with E-state index >= 15 is 0 Å². The van der Waals surface area contributed by atoms with Gasteiger partial charge in [0.2, 0.25) is 17.8 Å². The molecule has 0 unspecified atom stereocenters. The van der Waals surface area contributed by atoms with Gasteiger partial charge in [-0.2, -0.15) is 15.0 Å². The molecule has 0 radical (unpaired) electrons. The first-order valence-electron chi connectivity index (χ1n) is 7.46. The van der Waals surface area contributed by atoms with E-state index in [9.17, 15) is 0 Å². The molecule has 0 spiro atoms. The van der Waals surface area contributed by atoms with E-state index < -0.39 is 0 Å². The molecule has 0 aromatic carbocycles. The third kappa shape index (κ3) is 3.51. The number of rotatable bonds is 3. The van der Waals surface area contributed by atoms with Crippen LogP contribution in [0.25, 0.3) is 0 Å². The monoisotopic (exact) mass is 294 g/mol. The van der Waals surface area contributed by atoms with Crippen molar-refractivity contribution in [2.45, 2.75) is 6.42 Å². The average molecular weight is 294 g/mol. The molecule has 2 fully saturated rings. The van der Waals surface area contributed by atoms with E-state index in [1.54, 1.807) is 0 Å². The van der Waals surface area contributed by atoms with Gasteiger partial charge in [-0.15, -0.1) is 0 Å². The van der Waals surface area contributed by atoms with Gasteiger partial charge in [-0.25, -0.2) is 0 Å². The van der Waals surface area contributed by atoms with E-state index in [1.165, 1.54) is 0 Å². The highest BCUT2D eigenvalue weighted by Gasteiger charge is 2.19. The van der Waals surface area contributed by atoms with Gasteiger partial charge in [-0.3, -0.25) is 0 Å². The summed E-state index contributed by atoms with van der Waals surface area (Å²) in [7, 11) is 1.83. The Labute approximate surface area is 124 Å². The quantitative estimate of drug-likeness (QED) is 0.833. The average Bonchev–Trinajstić information content (AvgIpc) is 2.84. The van der Waals surface area contributed by atoms with Gasteiger partial charge >= 0.3 is 0 Å². The van der Waals surface area contributed by atoms with Crippen LogP contribution in [0.2, 0.25) is 0 Å². The van der Waals surface area contributed by atoms with E-state index in [4.69, 9.17) is 9.47 Å². The van der Waals surface area contributed by atoms with Crippen LogP contribution in [0.4, 0.5) is 17.8 Å². The highest BCUT2D eigenvalue weighted by molar-refractivity contribution is 5.45. The van der Waals surface area contributed by atoms with Gasteiger partial charge in [0, 0.05) is 39.8 Å². The van der Waals surface area contributed by atoms with Crippen LogP contribution in [0.15, 0.2) is 0 Å². The Morgan fingerprint density at radius 2 is 1.38 bits per heavy atom. The summed E-state index contributed by atoms with van der Waals surface area (Å²) in [5.74, 6) is 2.05. The van der Waals surface area contributed by atoms with Crippen LogP contribution in [-0.4, -0.2) is 74.6 Å². The number of aromatic nitrogens is 3. The zero-order chi connectivity index (χ0) is 14.5. The van der Waals surface area contributed by atoms with Crippen LogP contribution in [0.1, 0.15) is 6.42 Å². The van der Waals surface area contributed by atoms with Gasteiger partial charge < -0.3 is 24.6 Å². The molecule has 1 N–H and O–H groups in total. The lowest BCUT2D eigenvalue weighted by Crippen LogP contribution is -2.38. The summed E-state index contributed by atoms with van der Waals surface area (Å²) in [5, 5.41) is 3.02. The van der Waals surface area contributed by atoms with Crippen molar-refractivity contribution < 1.29 is 9.47 Å². The minimum Gasteiger partial charge on any atom is -0.380 e. The number of anilines is 3. The van der Waals surface area contributed by atoms with Crippen molar-refractivity contribution >= 4 is 17.8 Å². The fourth-order valence-electron chi connectivity index (χ4n) is 2.46. The maximum atomic E-state index is 5.49. The third-order valence-electron chi connectivity index (χ3n) is 3.63. The molecule has 0 saturated carbocycles. The van der Waals surface area contributed by atoms with Gasteiger partial charge in [0.1, 0.15) is 0 Å². The van der Waals surface area contributed by atoms with E-state index in [0.717, 1.165) is 51.1 Å². The number of nitrogens with zero attached hydrogens (tertiary/aromatic N) is 5. The second kappa shape index (κ2) is 6.86. The second-order valence-electron chi connectivity index (χ2n) is 5.06. The van der Waals surface area contributed by atoms with Crippen LogP contribution in [0.5, 0.6) is 0 Å². The van der Waals surface area contributed by atoms with Gasteiger partial charge in [0.05, 0.1) is 19.8 Å². The summed E-state index contributed by atoms with van der Waals surface area (Å²) in [6.07, 6.45) is 0.994. The Morgan fingerprint density at radius 3 is 2.00 bits per heavy atom. The molecule has 8 heteroatoms. The number of nitrogens with one attached hydrogen (secondary N) is 1. The van der Waals surface area contributed by atoms with Crippen molar-refractivity contribution in [2.24, 2.45) is 0 Å². The van der Waals surface area contributed by atoms with Crippen LogP contribution in [0, 0.1) is 0 Å². The molecule has 0 amide bonds. The van der Waals surface area contributed by atoms with E-state index in [1.807, 2.05) is 7.05 Å². The number of hydrogen-bond donors (Lipinski definition) is 1. The van der Waals surface area contributed by atoms with E-state index in [2.05, 4.69) is 30.1 Å². The van der Waals surface area contributed by atoms with Crippen LogP contribution < -0.4 is 15.1 Å². The molecule has 0 aliphatic carbocycles. The minimum absolute atomic E-state index is 0.603. The molecule has 2 aliphatic rings. The fraction of sp³-hybridized carbons (Fsp3) is 0.769. The van der Waals surface area contributed by atoms with Crippen LogP contribution in [-0.2, 0) is 9.47 Å². The summed E-state index contributed by atoms with van der Waals surface area (Å²) in [6, 6.07) is 0. The summed E-state index contributed by atoms with van der Waals surface area (Å²) in [6.45, 7) is 6.31. The number of hydrogen-bond acceptors (Lipinski definition) is 8. The van der Waals surface area contributed by atoms with Gasteiger partial charge in [0.25, 0.3) is 0 Å². The molecule has 21 heavy (non-hydrogen) atoms. The Hall–Kier alpha value is -1.67. The second-order valence-corrected chi connectivity index (χ2v) is 5.06. The summed E-state index contributed by atoms with van der Waals surface area (Å²) in [5.41, 5.74) is 0.